The Kier molecular flexibility index (Phi) is 3.09. The van der Waals surface area contributed by atoms with Crippen molar-refractivity contribution in [1.29, 1.82) is 0 Å². The Morgan fingerprint density at radius 1 is 1.37 bits per heavy atom. The fourth-order valence-corrected chi connectivity index (χ4v) is 1.89. The van der Waals surface area contributed by atoms with Crippen molar-refractivity contribution in [2.24, 2.45) is 7.05 Å². The summed E-state index contributed by atoms with van der Waals surface area (Å²) in [7, 11) is 1.82. The van der Waals surface area contributed by atoms with Gasteiger partial charge in [0.25, 0.3) is 0 Å². The fourth-order valence-electron chi connectivity index (χ4n) is 1.89. The zero-order chi connectivity index (χ0) is 14.2. The second kappa shape index (κ2) is 4.45. The van der Waals surface area contributed by atoms with Crippen LogP contribution >= 0.6 is 0 Å². The molecule has 2 heterocycles. The van der Waals surface area contributed by atoms with E-state index >= 15 is 0 Å². The molecule has 1 N–H and O–H groups in total. The van der Waals surface area contributed by atoms with Crippen molar-refractivity contribution in [1.82, 2.24) is 29.8 Å². The van der Waals surface area contributed by atoms with Crippen LogP contribution in [0.25, 0.3) is 0 Å². The molecule has 2 aromatic heterocycles. The fraction of sp³-hybridized carbons (Fsp3) is 0.545. The number of carboxylic acids is 1. The van der Waals surface area contributed by atoms with E-state index in [1.807, 2.05) is 27.8 Å². The summed E-state index contributed by atoms with van der Waals surface area (Å²) >= 11 is 0. The van der Waals surface area contributed by atoms with Gasteiger partial charge in [-0.05, 0) is 0 Å². The number of aryl methyl sites for hydroxylation is 1. The smallest absolute Gasteiger partial charge is 0.358 e. The molecule has 19 heavy (non-hydrogen) atoms. The van der Waals surface area contributed by atoms with Crippen molar-refractivity contribution >= 4 is 5.97 Å². The van der Waals surface area contributed by atoms with Crippen molar-refractivity contribution in [3.05, 3.63) is 23.5 Å². The summed E-state index contributed by atoms with van der Waals surface area (Å²) < 4.78 is 3.32. The van der Waals surface area contributed by atoms with Crippen LogP contribution in [0.15, 0.2) is 6.33 Å². The number of carboxylic acid groups (broad SMARTS) is 1. The minimum Gasteiger partial charge on any atom is -0.476 e. The van der Waals surface area contributed by atoms with Gasteiger partial charge in [-0.25, -0.2) is 9.48 Å². The minimum absolute atomic E-state index is 0.0188. The molecule has 0 spiro atoms. The Hall–Kier alpha value is -2.25. The van der Waals surface area contributed by atoms with Crippen LogP contribution in [0, 0.1) is 0 Å². The molecule has 102 valence electrons. The minimum atomic E-state index is -1.07. The highest BCUT2D eigenvalue weighted by Crippen LogP contribution is 2.25. The van der Waals surface area contributed by atoms with Gasteiger partial charge < -0.3 is 9.67 Å². The van der Waals surface area contributed by atoms with Gasteiger partial charge in [-0.1, -0.05) is 26.0 Å². The van der Waals surface area contributed by atoms with Crippen molar-refractivity contribution in [2.75, 3.05) is 0 Å². The second-order valence-electron chi connectivity index (χ2n) is 5.36. The summed E-state index contributed by atoms with van der Waals surface area (Å²) in [5.74, 6) is -0.388. The molecule has 8 nitrogen and oxygen atoms in total. The first kappa shape index (κ1) is 13.2. The highest BCUT2D eigenvalue weighted by molar-refractivity contribution is 5.86. The Morgan fingerprint density at radius 2 is 2.05 bits per heavy atom. The van der Waals surface area contributed by atoms with Gasteiger partial charge in [0.15, 0.2) is 11.5 Å². The maximum atomic E-state index is 11.2. The molecule has 0 aromatic carbocycles. The zero-order valence-electron chi connectivity index (χ0n) is 11.3. The van der Waals surface area contributed by atoms with Gasteiger partial charge in [0.05, 0.1) is 5.69 Å². The number of carbonyl (C=O) groups is 1. The molecule has 8 heteroatoms. The molecular weight excluding hydrogens is 248 g/mol. The maximum Gasteiger partial charge on any atom is 0.358 e. The Balaban J connectivity index is 2.47. The average Bonchev–Trinajstić information content (AvgIpc) is 2.85. The van der Waals surface area contributed by atoms with Crippen LogP contribution in [0.5, 0.6) is 0 Å². The lowest BCUT2D eigenvalue weighted by molar-refractivity contribution is 0.0687. The van der Waals surface area contributed by atoms with Crippen LogP contribution in [0.2, 0.25) is 0 Å². The molecule has 2 aromatic rings. The van der Waals surface area contributed by atoms with E-state index in [4.69, 9.17) is 0 Å². The van der Waals surface area contributed by atoms with E-state index in [0.717, 1.165) is 0 Å². The van der Waals surface area contributed by atoms with Crippen LogP contribution in [0.1, 0.15) is 42.8 Å². The summed E-state index contributed by atoms with van der Waals surface area (Å²) in [5, 5.41) is 24.6. The molecule has 0 amide bonds. The van der Waals surface area contributed by atoms with E-state index in [9.17, 15) is 9.90 Å². The largest absolute Gasteiger partial charge is 0.476 e. The Labute approximate surface area is 110 Å². The van der Waals surface area contributed by atoms with E-state index in [-0.39, 0.29) is 11.1 Å². The predicted molar refractivity (Wildman–Crippen MR) is 65.8 cm³/mol. The lowest BCUT2D eigenvalue weighted by Crippen LogP contribution is -2.23. The molecule has 0 saturated heterocycles. The molecule has 0 saturated carbocycles. The third kappa shape index (κ3) is 2.47. The molecule has 2 rings (SSSR count). The Morgan fingerprint density at radius 3 is 2.53 bits per heavy atom. The van der Waals surface area contributed by atoms with Gasteiger partial charge >= 0.3 is 5.97 Å². The first-order valence-electron chi connectivity index (χ1n) is 5.81. The summed E-state index contributed by atoms with van der Waals surface area (Å²) in [6.07, 6.45) is 1.58. The molecular formula is C11H16N6O2. The number of nitrogens with zero attached hydrogens (tertiary/aromatic N) is 6. The monoisotopic (exact) mass is 264 g/mol. The van der Waals surface area contributed by atoms with E-state index in [2.05, 4.69) is 20.5 Å². The summed E-state index contributed by atoms with van der Waals surface area (Å²) in [5.41, 5.74) is 0.174. The third-order valence-electron chi connectivity index (χ3n) is 2.74. The highest BCUT2D eigenvalue weighted by Gasteiger charge is 2.29. The number of hydrogen-bond donors (Lipinski definition) is 1. The van der Waals surface area contributed by atoms with Crippen molar-refractivity contribution in [3.63, 3.8) is 0 Å². The van der Waals surface area contributed by atoms with Gasteiger partial charge in [-0.3, -0.25) is 0 Å². The van der Waals surface area contributed by atoms with Crippen molar-refractivity contribution < 1.29 is 9.90 Å². The maximum absolute atomic E-state index is 11.2. The highest BCUT2D eigenvalue weighted by atomic mass is 16.4. The Bertz CT molecular complexity index is 607. The lowest BCUT2D eigenvalue weighted by Gasteiger charge is -2.20. The summed E-state index contributed by atoms with van der Waals surface area (Å²) in [4.78, 5) is 11.2. The number of aromatic nitrogens is 6. The van der Waals surface area contributed by atoms with Gasteiger partial charge in [0.1, 0.15) is 12.9 Å². The van der Waals surface area contributed by atoms with Gasteiger partial charge in [0, 0.05) is 12.5 Å². The van der Waals surface area contributed by atoms with E-state index in [1.54, 1.807) is 15.6 Å². The topological polar surface area (TPSA) is 98.7 Å². The van der Waals surface area contributed by atoms with E-state index < -0.39 is 5.97 Å². The molecule has 0 radical (unpaired) electrons. The van der Waals surface area contributed by atoms with Crippen LogP contribution in [0.3, 0.4) is 0 Å². The molecule has 0 aliphatic rings. The van der Waals surface area contributed by atoms with Gasteiger partial charge in [-0.2, -0.15) is 0 Å². The van der Waals surface area contributed by atoms with Crippen LogP contribution in [0.4, 0.5) is 0 Å². The third-order valence-corrected chi connectivity index (χ3v) is 2.74. The molecule has 0 fully saturated rings. The van der Waals surface area contributed by atoms with E-state index in [0.29, 0.717) is 18.1 Å². The molecule has 0 unspecified atom stereocenters. The second-order valence-corrected chi connectivity index (χ2v) is 5.36. The van der Waals surface area contributed by atoms with Gasteiger partial charge in [-0.15, -0.1) is 15.3 Å². The van der Waals surface area contributed by atoms with Crippen molar-refractivity contribution in [2.45, 2.75) is 32.7 Å². The molecule has 0 aliphatic heterocycles. The molecule has 0 atom stereocenters. The first-order chi connectivity index (χ1) is 8.80. The summed E-state index contributed by atoms with van der Waals surface area (Å²) in [6, 6.07) is 0. The molecule has 0 aliphatic carbocycles. The number of rotatable bonds is 3. The zero-order valence-corrected chi connectivity index (χ0v) is 11.3. The predicted octanol–water partition coefficient (Wildman–Crippen LogP) is 0.451. The number of hydrogen-bond acceptors (Lipinski definition) is 5. The first-order valence-corrected chi connectivity index (χ1v) is 5.81. The van der Waals surface area contributed by atoms with Crippen LogP contribution < -0.4 is 0 Å². The van der Waals surface area contributed by atoms with Crippen molar-refractivity contribution in [3.8, 4) is 0 Å². The van der Waals surface area contributed by atoms with E-state index in [1.165, 1.54) is 0 Å². The normalized spacial score (nSPS) is 11.8. The standard InChI is InChI=1S/C11H16N6O2/c1-11(2,3)9-8(10(18)19)14-15-17(9)5-7-13-12-6-16(7)4/h6H,5H2,1-4H3,(H,18,19). The average molecular weight is 264 g/mol. The van der Waals surface area contributed by atoms with Crippen LogP contribution in [-0.2, 0) is 19.0 Å². The lowest BCUT2D eigenvalue weighted by atomic mass is 9.90. The van der Waals surface area contributed by atoms with Crippen LogP contribution in [-0.4, -0.2) is 40.8 Å². The SMILES string of the molecule is Cn1cnnc1Cn1nnc(C(=O)O)c1C(C)(C)C. The summed E-state index contributed by atoms with van der Waals surface area (Å²) in [6.45, 7) is 6.10. The molecule has 0 bridgehead atoms. The number of aromatic carboxylic acids is 1. The quantitative estimate of drug-likeness (QED) is 0.864. The van der Waals surface area contributed by atoms with Gasteiger partial charge in [0.2, 0.25) is 0 Å².